The Balaban J connectivity index is 1.59. The fraction of sp³-hybridized carbons (Fsp3) is 0.357. The van der Waals surface area contributed by atoms with Gasteiger partial charge in [-0.25, -0.2) is 26.3 Å². The van der Waals surface area contributed by atoms with Crippen LogP contribution in [0.15, 0.2) is 36.4 Å². The topological polar surface area (TPSA) is 18.5 Å². The number of benzene rings is 3. The minimum Gasteiger partial charge on any atom is -0.428 e. The maximum absolute atomic E-state index is 15.0. The smallest absolute Gasteiger partial charge is 0.428 e. The first-order chi connectivity index (χ1) is 17.9. The first kappa shape index (κ1) is 27.9. The fourth-order valence-corrected chi connectivity index (χ4v) is 4.64. The van der Waals surface area contributed by atoms with Crippen molar-refractivity contribution in [2.24, 2.45) is 5.92 Å². The molecule has 0 spiro atoms. The van der Waals surface area contributed by atoms with Gasteiger partial charge in [0, 0.05) is 17.2 Å². The summed E-state index contributed by atoms with van der Waals surface area (Å²) in [5.74, 6) is -10.6. The molecule has 1 heterocycles. The van der Waals surface area contributed by atoms with E-state index in [9.17, 15) is 35.1 Å². The molecule has 10 heteroatoms. The van der Waals surface area contributed by atoms with Gasteiger partial charge in [0.25, 0.3) is 0 Å². The molecule has 0 aromatic heterocycles. The molecule has 0 radical (unpaired) electrons. The van der Waals surface area contributed by atoms with Gasteiger partial charge < -0.3 is 9.47 Å². The van der Waals surface area contributed by atoms with Crippen molar-refractivity contribution in [3.63, 3.8) is 0 Å². The highest BCUT2D eigenvalue weighted by atomic mass is 19.3. The van der Waals surface area contributed by atoms with Crippen molar-refractivity contribution in [3.8, 4) is 16.9 Å². The summed E-state index contributed by atoms with van der Waals surface area (Å²) < 4.78 is 125. The van der Waals surface area contributed by atoms with Crippen LogP contribution in [0.3, 0.4) is 0 Å². The van der Waals surface area contributed by atoms with E-state index in [1.807, 2.05) is 0 Å². The number of rotatable bonds is 7. The summed E-state index contributed by atoms with van der Waals surface area (Å²) in [5, 5.41) is 0. The molecule has 0 aliphatic carbocycles. The molecule has 3 aromatic rings. The largest absolute Gasteiger partial charge is 0.432 e. The van der Waals surface area contributed by atoms with Crippen LogP contribution in [0.4, 0.5) is 35.1 Å². The van der Waals surface area contributed by atoms with Crippen molar-refractivity contribution in [2.75, 3.05) is 6.61 Å². The Morgan fingerprint density at radius 2 is 1.55 bits per heavy atom. The molecule has 0 bridgehead atoms. The van der Waals surface area contributed by atoms with Gasteiger partial charge in [0.1, 0.15) is 28.8 Å². The molecule has 2 nitrogen and oxygen atoms in total. The molecule has 1 aliphatic rings. The second kappa shape index (κ2) is 10.9. The van der Waals surface area contributed by atoms with Crippen molar-refractivity contribution in [1.29, 1.82) is 0 Å². The summed E-state index contributed by atoms with van der Waals surface area (Å²) in [6.45, 7) is 3.46. The van der Waals surface area contributed by atoms with E-state index >= 15 is 0 Å². The number of halogens is 8. The van der Waals surface area contributed by atoms with Gasteiger partial charge in [-0.3, -0.25) is 0 Å². The molecule has 0 saturated carbocycles. The molecule has 1 saturated heterocycles. The lowest BCUT2D eigenvalue weighted by Crippen LogP contribution is -2.26. The van der Waals surface area contributed by atoms with Crippen LogP contribution in [0.25, 0.3) is 11.1 Å². The van der Waals surface area contributed by atoms with Crippen LogP contribution in [0, 0.1) is 47.7 Å². The maximum atomic E-state index is 15.0. The molecule has 0 amide bonds. The Morgan fingerprint density at radius 3 is 2.13 bits per heavy atom. The monoisotopic (exact) mass is 544 g/mol. The summed E-state index contributed by atoms with van der Waals surface area (Å²) in [4.78, 5) is 0. The van der Waals surface area contributed by atoms with Gasteiger partial charge in [-0.05, 0) is 61.4 Å². The second-order valence-corrected chi connectivity index (χ2v) is 9.34. The molecule has 4 rings (SSSR count). The highest BCUT2D eigenvalue weighted by molar-refractivity contribution is 5.65. The SMILES string of the molecule is CCCC1CCC(c2ccc(-c3cc(F)c(C(F)(F)Oc4cc(F)c(F)c(F)c4C)c(F)c3)c(F)c2)OC1. The third-order valence-electron chi connectivity index (χ3n) is 6.67. The molecule has 0 N–H and O–H groups in total. The molecule has 1 fully saturated rings. The Hall–Kier alpha value is -3.14. The number of ether oxygens (including phenoxy) is 2. The highest BCUT2D eigenvalue weighted by Gasteiger charge is 2.42. The molecule has 1 aliphatic heterocycles. The standard InChI is InChI=1S/C28H24F8O2/c1-3-4-15-5-8-23(37-13-15)16-6-7-18(19(29)9-16)17-10-20(30)25(21(31)11-17)28(35,36)38-24-12-22(32)27(34)26(33)14(24)2/h6-7,9-12,15,23H,3-5,8,13H2,1-2H3. The van der Waals surface area contributed by atoms with Gasteiger partial charge in [0.05, 0.1) is 12.7 Å². The minimum absolute atomic E-state index is 0.142. The summed E-state index contributed by atoms with van der Waals surface area (Å²) in [6.07, 6.45) is -1.39. The molecule has 38 heavy (non-hydrogen) atoms. The predicted molar refractivity (Wildman–Crippen MR) is 124 cm³/mol. The van der Waals surface area contributed by atoms with E-state index in [-0.39, 0.29) is 23.3 Å². The highest BCUT2D eigenvalue weighted by Crippen LogP contribution is 2.40. The van der Waals surface area contributed by atoms with Gasteiger partial charge in [-0.1, -0.05) is 25.5 Å². The van der Waals surface area contributed by atoms with E-state index in [4.69, 9.17) is 4.74 Å². The van der Waals surface area contributed by atoms with Crippen molar-refractivity contribution in [3.05, 3.63) is 88.0 Å². The van der Waals surface area contributed by atoms with Crippen LogP contribution in [-0.2, 0) is 10.8 Å². The normalized spacial score (nSPS) is 18.1. The van der Waals surface area contributed by atoms with Gasteiger partial charge >= 0.3 is 6.11 Å². The lowest BCUT2D eigenvalue weighted by Gasteiger charge is -2.29. The zero-order valence-electron chi connectivity index (χ0n) is 20.5. The Morgan fingerprint density at radius 1 is 0.868 bits per heavy atom. The first-order valence-electron chi connectivity index (χ1n) is 12.0. The van der Waals surface area contributed by atoms with Crippen LogP contribution < -0.4 is 4.74 Å². The third-order valence-corrected chi connectivity index (χ3v) is 6.67. The summed E-state index contributed by atoms with van der Waals surface area (Å²) in [5.41, 5.74) is -2.73. The maximum Gasteiger partial charge on any atom is 0.432 e. The van der Waals surface area contributed by atoms with Crippen LogP contribution in [0.5, 0.6) is 5.75 Å². The number of hydrogen-bond donors (Lipinski definition) is 0. The molecule has 2 unspecified atom stereocenters. The van der Waals surface area contributed by atoms with Gasteiger partial charge in [0.2, 0.25) is 0 Å². The number of alkyl halides is 2. The minimum atomic E-state index is -4.75. The molecular formula is C28H24F8O2. The quantitative estimate of drug-likeness (QED) is 0.219. The van der Waals surface area contributed by atoms with E-state index in [0.717, 1.165) is 26.2 Å². The van der Waals surface area contributed by atoms with Crippen LogP contribution >= 0.6 is 0 Å². The van der Waals surface area contributed by atoms with Gasteiger partial charge in [-0.15, -0.1) is 0 Å². The summed E-state index contributed by atoms with van der Waals surface area (Å²) >= 11 is 0. The van der Waals surface area contributed by atoms with E-state index in [1.165, 1.54) is 12.1 Å². The van der Waals surface area contributed by atoms with Crippen molar-refractivity contribution in [1.82, 2.24) is 0 Å². The Bertz CT molecular complexity index is 1310. The third kappa shape index (κ3) is 5.50. The Kier molecular flexibility index (Phi) is 8.01. The lowest BCUT2D eigenvalue weighted by atomic mass is 9.91. The first-order valence-corrected chi connectivity index (χ1v) is 12.0. The predicted octanol–water partition coefficient (Wildman–Crippen LogP) is 8.89. The molecule has 3 aromatic carbocycles. The average Bonchev–Trinajstić information content (AvgIpc) is 2.86. The Labute approximate surface area is 214 Å². The van der Waals surface area contributed by atoms with Crippen LogP contribution in [0.1, 0.15) is 55.4 Å². The van der Waals surface area contributed by atoms with Gasteiger partial charge in [0.15, 0.2) is 17.5 Å². The zero-order chi connectivity index (χ0) is 27.8. The average molecular weight is 544 g/mol. The molecular weight excluding hydrogens is 520 g/mol. The van der Waals surface area contributed by atoms with E-state index < -0.39 is 57.9 Å². The van der Waals surface area contributed by atoms with Crippen molar-refractivity contribution in [2.45, 2.75) is 51.7 Å². The van der Waals surface area contributed by atoms with E-state index in [0.29, 0.717) is 36.6 Å². The molecule has 2 atom stereocenters. The van der Waals surface area contributed by atoms with Crippen molar-refractivity contribution >= 4 is 0 Å². The summed E-state index contributed by atoms with van der Waals surface area (Å²) in [7, 11) is 0. The second-order valence-electron chi connectivity index (χ2n) is 9.34. The van der Waals surface area contributed by atoms with E-state index in [2.05, 4.69) is 11.7 Å². The fourth-order valence-electron chi connectivity index (χ4n) is 4.64. The van der Waals surface area contributed by atoms with E-state index in [1.54, 1.807) is 6.07 Å². The van der Waals surface area contributed by atoms with Crippen molar-refractivity contribution < 1.29 is 44.6 Å². The lowest BCUT2D eigenvalue weighted by molar-refractivity contribution is -0.190. The molecule has 204 valence electrons. The summed E-state index contributed by atoms with van der Waals surface area (Å²) in [6, 6.07) is 5.15. The van der Waals surface area contributed by atoms with Crippen LogP contribution in [0.2, 0.25) is 0 Å². The zero-order valence-corrected chi connectivity index (χ0v) is 20.5. The van der Waals surface area contributed by atoms with Gasteiger partial charge in [-0.2, -0.15) is 8.78 Å². The number of hydrogen-bond acceptors (Lipinski definition) is 2. The van der Waals surface area contributed by atoms with Crippen LogP contribution in [-0.4, -0.2) is 6.61 Å².